The van der Waals surface area contributed by atoms with Crippen molar-refractivity contribution < 1.29 is 9.26 Å². The average molecular weight is 270 g/mol. The van der Waals surface area contributed by atoms with Gasteiger partial charge < -0.3 is 9.26 Å². The molecule has 20 heavy (non-hydrogen) atoms. The second kappa shape index (κ2) is 5.26. The lowest BCUT2D eigenvalue weighted by molar-refractivity contribution is 0.185. The van der Waals surface area contributed by atoms with Crippen LogP contribution in [0.25, 0.3) is 23.0 Å². The number of hydrogen-bond donors (Lipinski definition) is 1. The highest BCUT2D eigenvalue weighted by atomic mass is 16.5. The Morgan fingerprint density at radius 3 is 2.70 bits per heavy atom. The van der Waals surface area contributed by atoms with Crippen molar-refractivity contribution in [3.05, 3.63) is 41.6 Å². The first-order valence-electron chi connectivity index (χ1n) is 6.20. The molecule has 2 heterocycles. The molecule has 102 valence electrons. The fourth-order valence-electron chi connectivity index (χ4n) is 1.89. The minimum Gasteiger partial charge on any atom is -0.380 e. The van der Waals surface area contributed by atoms with Gasteiger partial charge in [0.25, 0.3) is 5.89 Å². The van der Waals surface area contributed by atoms with Crippen LogP contribution in [0.1, 0.15) is 11.3 Å². The average Bonchev–Trinajstić information content (AvgIpc) is 3.09. The SMILES string of the molecule is COCc1ccc(-c2noc(-c3cc(C)[nH]n3)n2)cc1. The van der Waals surface area contributed by atoms with E-state index in [1.807, 2.05) is 37.3 Å². The third-order valence-electron chi connectivity index (χ3n) is 2.87. The third-order valence-corrected chi connectivity index (χ3v) is 2.87. The van der Waals surface area contributed by atoms with E-state index in [-0.39, 0.29) is 0 Å². The maximum atomic E-state index is 5.23. The molecule has 0 aliphatic heterocycles. The Kier molecular flexibility index (Phi) is 3.30. The van der Waals surface area contributed by atoms with Gasteiger partial charge in [-0.1, -0.05) is 29.4 Å². The number of methoxy groups -OCH3 is 1. The second-order valence-electron chi connectivity index (χ2n) is 4.49. The number of rotatable bonds is 4. The van der Waals surface area contributed by atoms with E-state index in [0.717, 1.165) is 16.8 Å². The summed E-state index contributed by atoms with van der Waals surface area (Å²) in [7, 11) is 1.67. The van der Waals surface area contributed by atoms with E-state index in [9.17, 15) is 0 Å². The molecule has 0 amide bonds. The van der Waals surface area contributed by atoms with E-state index in [4.69, 9.17) is 9.26 Å². The molecule has 0 fully saturated rings. The van der Waals surface area contributed by atoms with Crippen LogP contribution in [0.4, 0.5) is 0 Å². The van der Waals surface area contributed by atoms with Crippen LogP contribution in [0.5, 0.6) is 0 Å². The predicted molar refractivity (Wildman–Crippen MR) is 72.8 cm³/mol. The van der Waals surface area contributed by atoms with Crippen molar-refractivity contribution in [2.24, 2.45) is 0 Å². The number of benzene rings is 1. The van der Waals surface area contributed by atoms with Crippen molar-refractivity contribution >= 4 is 0 Å². The lowest BCUT2D eigenvalue weighted by Crippen LogP contribution is -1.87. The number of aromatic nitrogens is 4. The van der Waals surface area contributed by atoms with Gasteiger partial charge in [0.05, 0.1) is 6.61 Å². The maximum absolute atomic E-state index is 5.23. The van der Waals surface area contributed by atoms with Crippen LogP contribution in [0.2, 0.25) is 0 Å². The molecule has 0 radical (unpaired) electrons. The Morgan fingerprint density at radius 2 is 2.05 bits per heavy atom. The van der Waals surface area contributed by atoms with E-state index >= 15 is 0 Å². The molecule has 0 spiro atoms. The van der Waals surface area contributed by atoms with Crippen molar-refractivity contribution in [1.29, 1.82) is 0 Å². The zero-order valence-electron chi connectivity index (χ0n) is 11.3. The molecule has 2 aromatic heterocycles. The number of nitrogens with zero attached hydrogens (tertiary/aromatic N) is 3. The summed E-state index contributed by atoms with van der Waals surface area (Å²) in [6, 6.07) is 9.71. The van der Waals surface area contributed by atoms with Gasteiger partial charge >= 0.3 is 0 Å². The number of nitrogens with one attached hydrogen (secondary N) is 1. The summed E-state index contributed by atoms with van der Waals surface area (Å²) < 4.78 is 10.3. The molecule has 6 heteroatoms. The summed E-state index contributed by atoms with van der Waals surface area (Å²) in [5.74, 6) is 0.954. The van der Waals surface area contributed by atoms with Gasteiger partial charge in [-0.3, -0.25) is 5.10 Å². The van der Waals surface area contributed by atoms with Gasteiger partial charge in [-0.2, -0.15) is 10.1 Å². The van der Waals surface area contributed by atoms with Gasteiger partial charge in [0.15, 0.2) is 5.69 Å². The minimum atomic E-state index is 0.408. The zero-order chi connectivity index (χ0) is 13.9. The van der Waals surface area contributed by atoms with Crippen molar-refractivity contribution in [3.63, 3.8) is 0 Å². The lowest BCUT2D eigenvalue weighted by atomic mass is 10.1. The molecule has 0 saturated carbocycles. The normalized spacial score (nSPS) is 10.9. The van der Waals surface area contributed by atoms with E-state index in [0.29, 0.717) is 24.0 Å². The summed E-state index contributed by atoms with van der Waals surface area (Å²) in [4.78, 5) is 4.35. The molecule has 0 saturated heterocycles. The van der Waals surface area contributed by atoms with Gasteiger partial charge in [0, 0.05) is 18.4 Å². The van der Waals surface area contributed by atoms with E-state index in [1.54, 1.807) is 7.11 Å². The van der Waals surface area contributed by atoms with E-state index in [2.05, 4.69) is 20.3 Å². The summed E-state index contributed by atoms with van der Waals surface area (Å²) in [6.45, 7) is 2.51. The van der Waals surface area contributed by atoms with Crippen molar-refractivity contribution in [3.8, 4) is 23.0 Å². The molecular formula is C14H14N4O2. The van der Waals surface area contributed by atoms with Crippen LogP contribution in [-0.2, 0) is 11.3 Å². The Morgan fingerprint density at radius 1 is 1.25 bits per heavy atom. The Bertz CT molecular complexity index is 700. The molecule has 1 N–H and O–H groups in total. The number of hydrogen-bond acceptors (Lipinski definition) is 5. The number of aromatic amines is 1. The summed E-state index contributed by atoms with van der Waals surface area (Å²) in [5.41, 5.74) is 3.59. The van der Waals surface area contributed by atoms with Crippen LogP contribution in [0.15, 0.2) is 34.9 Å². The first-order valence-corrected chi connectivity index (χ1v) is 6.20. The van der Waals surface area contributed by atoms with Gasteiger partial charge in [-0.15, -0.1) is 0 Å². The quantitative estimate of drug-likeness (QED) is 0.788. The third kappa shape index (κ3) is 2.46. The fraction of sp³-hybridized carbons (Fsp3) is 0.214. The molecule has 0 atom stereocenters. The largest absolute Gasteiger partial charge is 0.380 e. The fourth-order valence-corrected chi connectivity index (χ4v) is 1.89. The van der Waals surface area contributed by atoms with Gasteiger partial charge in [0.1, 0.15) is 0 Å². The van der Waals surface area contributed by atoms with Crippen molar-refractivity contribution in [2.75, 3.05) is 7.11 Å². The molecule has 0 unspecified atom stereocenters. The Balaban J connectivity index is 1.86. The first-order chi connectivity index (χ1) is 9.76. The number of aryl methyl sites for hydroxylation is 1. The van der Waals surface area contributed by atoms with E-state index < -0.39 is 0 Å². The molecule has 0 aliphatic carbocycles. The highest BCUT2D eigenvalue weighted by Crippen LogP contribution is 2.21. The second-order valence-corrected chi connectivity index (χ2v) is 4.49. The number of ether oxygens (including phenoxy) is 1. The van der Waals surface area contributed by atoms with Crippen LogP contribution in [0.3, 0.4) is 0 Å². The Labute approximate surface area is 115 Å². The van der Waals surface area contributed by atoms with E-state index in [1.165, 1.54) is 0 Å². The molecule has 0 aliphatic rings. The summed E-state index contributed by atoms with van der Waals surface area (Å²) in [5, 5.41) is 10.9. The maximum Gasteiger partial charge on any atom is 0.278 e. The standard InChI is InChI=1S/C14H14N4O2/c1-9-7-12(17-16-9)14-15-13(18-20-14)11-5-3-10(4-6-11)8-19-2/h3-7H,8H2,1-2H3,(H,16,17). The zero-order valence-corrected chi connectivity index (χ0v) is 11.3. The first kappa shape index (κ1) is 12.6. The minimum absolute atomic E-state index is 0.408. The summed E-state index contributed by atoms with van der Waals surface area (Å²) >= 11 is 0. The smallest absolute Gasteiger partial charge is 0.278 e. The predicted octanol–water partition coefficient (Wildman–Crippen LogP) is 2.58. The van der Waals surface area contributed by atoms with Crippen LogP contribution < -0.4 is 0 Å². The molecular weight excluding hydrogens is 256 g/mol. The van der Waals surface area contributed by atoms with Gasteiger partial charge in [0.2, 0.25) is 5.82 Å². The van der Waals surface area contributed by atoms with Crippen molar-refractivity contribution in [1.82, 2.24) is 20.3 Å². The number of H-pyrrole nitrogens is 1. The molecule has 3 aromatic rings. The molecule has 6 nitrogen and oxygen atoms in total. The van der Waals surface area contributed by atoms with Gasteiger partial charge in [-0.05, 0) is 18.6 Å². The highest BCUT2D eigenvalue weighted by Gasteiger charge is 2.12. The lowest BCUT2D eigenvalue weighted by Gasteiger charge is -1.99. The Hall–Kier alpha value is -2.47. The van der Waals surface area contributed by atoms with Gasteiger partial charge in [-0.25, -0.2) is 0 Å². The molecule has 1 aromatic carbocycles. The van der Waals surface area contributed by atoms with Crippen LogP contribution in [-0.4, -0.2) is 27.4 Å². The summed E-state index contributed by atoms with van der Waals surface area (Å²) in [6.07, 6.45) is 0. The molecule has 0 bridgehead atoms. The topological polar surface area (TPSA) is 76.8 Å². The van der Waals surface area contributed by atoms with Crippen LogP contribution in [0, 0.1) is 6.92 Å². The van der Waals surface area contributed by atoms with Crippen molar-refractivity contribution in [2.45, 2.75) is 13.5 Å². The molecule has 3 rings (SSSR count). The monoisotopic (exact) mass is 270 g/mol. The highest BCUT2D eigenvalue weighted by molar-refractivity contribution is 5.58. The van der Waals surface area contributed by atoms with Crippen LogP contribution >= 0.6 is 0 Å².